The first kappa shape index (κ1) is 39.7. The van der Waals surface area contributed by atoms with Crippen molar-refractivity contribution in [1.82, 2.24) is 0 Å². The largest absolute Gasteiger partial charge is 0.481 e. The van der Waals surface area contributed by atoms with Crippen LogP contribution in [0.25, 0.3) is 0 Å². The van der Waals surface area contributed by atoms with Gasteiger partial charge in [-0.3, -0.25) is 14.4 Å². The van der Waals surface area contributed by atoms with E-state index in [0.29, 0.717) is 66.1 Å². The van der Waals surface area contributed by atoms with E-state index in [9.17, 15) is 14.4 Å². The van der Waals surface area contributed by atoms with Crippen LogP contribution in [0.2, 0.25) is 0 Å². The van der Waals surface area contributed by atoms with Gasteiger partial charge in [-0.15, -0.1) is 0 Å². The zero-order valence-electron chi connectivity index (χ0n) is 25.1. The van der Waals surface area contributed by atoms with Crippen LogP contribution in [0.15, 0.2) is 0 Å². The molecule has 0 amide bonds. The van der Waals surface area contributed by atoms with Gasteiger partial charge in [0.25, 0.3) is 0 Å². The van der Waals surface area contributed by atoms with Crippen LogP contribution in [0, 0.1) is 0 Å². The van der Waals surface area contributed by atoms with Gasteiger partial charge in [0.15, 0.2) is 5.12 Å². The maximum atomic E-state index is 11.2. The molecule has 0 unspecified atom stereocenters. The second kappa shape index (κ2) is 33.2. The number of hydrogen-bond donors (Lipinski definition) is 1. The smallest absolute Gasteiger partial charge is 0.306 e. The van der Waals surface area contributed by atoms with Crippen LogP contribution in [0.1, 0.15) is 77.6 Å². The number of carboxylic acid groups (broad SMARTS) is 1. The van der Waals surface area contributed by atoms with Crippen LogP contribution >= 0.6 is 11.8 Å². The van der Waals surface area contributed by atoms with E-state index in [-0.39, 0.29) is 31.2 Å². The van der Waals surface area contributed by atoms with Crippen molar-refractivity contribution < 1.29 is 52.6 Å². The zero-order valence-corrected chi connectivity index (χ0v) is 25.9. The number of ether oxygens (including phenoxy) is 7. The lowest BCUT2D eigenvalue weighted by atomic mass is 10.1. The average Bonchev–Trinajstić information content (AvgIpc) is 2.94. The molecule has 0 spiro atoms. The van der Waals surface area contributed by atoms with Gasteiger partial charge in [-0.05, 0) is 12.8 Å². The normalized spacial score (nSPS) is 11.1. The molecule has 0 fully saturated rings. The van der Waals surface area contributed by atoms with Gasteiger partial charge in [-0.2, -0.15) is 0 Å². The Labute approximate surface area is 250 Å². The molecule has 0 rings (SSSR count). The minimum atomic E-state index is -1.03. The molecular formula is C29H54O11S. The minimum Gasteiger partial charge on any atom is -0.481 e. The molecule has 0 saturated heterocycles. The summed E-state index contributed by atoms with van der Waals surface area (Å²) in [5.74, 6) is -0.608. The highest BCUT2D eigenvalue weighted by Crippen LogP contribution is 2.12. The van der Waals surface area contributed by atoms with E-state index < -0.39 is 11.9 Å². The summed E-state index contributed by atoms with van der Waals surface area (Å²) in [5, 5.41) is 8.70. The van der Waals surface area contributed by atoms with Crippen molar-refractivity contribution in [3.8, 4) is 0 Å². The van der Waals surface area contributed by atoms with Gasteiger partial charge >= 0.3 is 11.9 Å². The summed E-state index contributed by atoms with van der Waals surface area (Å²) in [5.41, 5.74) is 0. The Morgan fingerprint density at radius 3 is 1.27 bits per heavy atom. The summed E-state index contributed by atoms with van der Waals surface area (Å²) >= 11 is 1.44. The minimum absolute atomic E-state index is 0.0912. The van der Waals surface area contributed by atoms with Crippen molar-refractivity contribution in [3.05, 3.63) is 0 Å². The zero-order chi connectivity index (χ0) is 30.1. The molecular weight excluding hydrogens is 556 g/mol. The van der Waals surface area contributed by atoms with E-state index in [1.807, 2.05) is 0 Å². The van der Waals surface area contributed by atoms with Gasteiger partial charge in [0.05, 0.1) is 85.5 Å². The summed E-state index contributed by atoms with van der Waals surface area (Å²) in [6.45, 7) is 7.63. The Morgan fingerprint density at radius 1 is 0.488 bits per heavy atom. The van der Waals surface area contributed by atoms with Crippen LogP contribution in [-0.2, 0) is 47.5 Å². The molecule has 0 radical (unpaired) electrons. The highest BCUT2D eigenvalue weighted by atomic mass is 32.2. The summed E-state index contributed by atoms with van der Waals surface area (Å²) < 4.78 is 37.5. The second-order valence-corrected chi connectivity index (χ2v) is 10.6. The van der Waals surface area contributed by atoms with E-state index in [2.05, 4.69) is 0 Å². The van der Waals surface area contributed by atoms with E-state index in [0.717, 1.165) is 25.2 Å². The lowest BCUT2D eigenvalue weighted by Gasteiger charge is -2.08. The van der Waals surface area contributed by atoms with Gasteiger partial charge in [0, 0.05) is 19.3 Å². The van der Waals surface area contributed by atoms with Gasteiger partial charge in [0.2, 0.25) is 0 Å². The monoisotopic (exact) mass is 610 g/mol. The molecule has 0 aromatic carbocycles. The van der Waals surface area contributed by atoms with E-state index in [4.69, 9.17) is 38.3 Å². The van der Waals surface area contributed by atoms with Gasteiger partial charge in [0.1, 0.15) is 6.61 Å². The molecule has 0 saturated carbocycles. The fourth-order valence-electron chi connectivity index (χ4n) is 3.46. The standard InChI is InChI=1S/C29H54O11S/c1-27(30)41-26-10-8-6-4-2-3-5-7-9-13-34-14-15-35-16-17-36-18-19-37-20-21-38-22-23-39-24-25-40-29(33)12-11-28(31)32/h2-26H2,1H3,(H,31,32). The number of esters is 1. The maximum absolute atomic E-state index is 11.2. The Bertz CT molecular complexity index is 607. The Balaban J connectivity index is 3.09. The number of aliphatic carboxylic acids is 1. The Hall–Kier alpha value is -1.28. The molecule has 12 heteroatoms. The molecule has 41 heavy (non-hydrogen) atoms. The molecule has 1 N–H and O–H groups in total. The average molecular weight is 611 g/mol. The van der Waals surface area contributed by atoms with E-state index in [1.165, 1.54) is 56.7 Å². The van der Waals surface area contributed by atoms with Crippen molar-refractivity contribution in [2.24, 2.45) is 0 Å². The fourth-order valence-corrected chi connectivity index (χ4v) is 4.09. The molecule has 0 aromatic rings. The van der Waals surface area contributed by atoms with Crippen molar-refractivity contribution >= 4 is 28.8 Å². The lowest BCUT2D eigenvalue weighted by molar-refractivity contribution is -0.149. The van der Waals surface area contributed by atoms with Crippen LogP contribution in [0.5, 0.6) is 0 Å². The first-order chi connectivity index (χ1) is 20.0. The number of carboxylic acids is 1. The molecule has 0 atom stereocenters. The fraction of sp³-hybridized carbons (Fsp3) is 0.897. The third kappa shape index (κ3) is 36.7. The lowest BCUT2D eigenvalue weighted by Crippen LogP contribution is -2.15. The first-order valence-electron chi connectivity index (χ1n) is 15.0. The predicted molar refractivity (Wildman–Crippen MR) is 157 cm³/mol. The topological polar surface area (TPSA) is 136 Å². The van der Waals surface area contributed by atoms with Gasteiger partial charge < -0.3 is 38.3 Å². The van der Waals surface area contributed by atoms with Crippen molar-refractivity contribution in [2.45, 2.75) is 77.6 Å². The van der Waals surface area contributed by atoms with Crippen LogP contribution < -0.4 is 0 Å². The SMILES string of the molecule is CC(=O)SCCCCCCCCCCCOCCOCCOCCOCCOCCOCCOC(=O)CCC(=O)O. The Morgan fingerprint density at radius 2 is 0.854 bits per heavy atom. The van der Waals surface area contributed by atoms with Crippen molar-refractivity contribution in [1.29, 1.82) is 0 Å². The predicted octanol–water partition coefficient (Wildman–Crippen LogP) is 4.28. The molecule has 11 nitrogen and oxygen atoms in total. The third-order valence-corrected chi connectivity index (χ3v) is 6.53. The second-order valence-electron chi connectivity index (χ2n) is 9.31. The van der Waals surface area contributed by atoms with Gasteiger partial charge in [-0.1, -0.05) is 56.7 Å². The number of unbranched alkanes of at least 4 members (excludes halogenated alkanes) is 8. The third-order valence-electron chi connectivity index (χ3n) is 5.63. The highest BCUT2D eigenvalue weighted by Gasteiger charge is 2.06. The van der Waals surface area contributed by atoms with Crippen LogP contribution in [-0.4, -0.2) is 114 Å². The summed E-state index contributed by atoms with van der Waals surface area (Å²) in [4.78, 5) is 32.4. The summed E-state index contributed by atoms with van der Waals surface area (Å²) in [7, 11) is 0. The maximum Gasteiger partial charge on any atom is 0.306 e. The summed E-state index contributed by atoms with van der Waals surface area (Å²) in [6, 6.07) is 0. The molecule has 0 bridgehead atoms. The quantitative estimate of drug-likeness (QED) is 0.0839. The summed E-state index contributed by atoms with van der Waals surface area (Å²) in [6.07, 6.45) is 10.8. The number of hydrogen-bond acceptors (Lipinski definition) is 11. The molecule has 0 aliphatic carbocycles. The van der Waals surface area contributed by atoms with Gasteiger partial charge in [-0.25, -0.2) is 0 Å². The number of carbonyl (C=O) groups excluding carboxylic acids is 2. The Kier molecular flexibility index (Phi) is 32.2. The molecule has 0 aliphatic rings. The van der Waals surface area contributed by atoms with E-state index in [1.54, 1.807) is 6.92 Å². The number of rotatable bonds is 33. The van der Waals surface area contributed by atoms with Crippen LogP contribution in [0.4, 0.5) is 0 Å². The first-order valence-corrected chi connectivity index (χ1v) is 16.0. The van der Waals surface area contributed by atoms with Crippen molar-refractivity contribution in [2.75, 3.05) is 91.6 Å². The van der Waals surface area contributed by atoms with Crippen LogP contribution in [0.3, 0.4) is 0 Å². The number of thioether (sulfide) groups is 1. The molecule has 0 aromatic heterocycles. The molecule has 0 aliphatic heterocycles. The number of carbonyl (C=O) groups is 3. The van der Waals surface area contributed by atoms with E-state index >= 15 is 0 Å². The van der Waals surface area contributed by atoms with Crippen molar-refractivity contribution in [3.63, 3.8) is 0 Å². The molecule has 242 valence electrons. The molecule has 0 heterocycles. The highest BCUT2D eigenvalue weighted by molar-refractivity contribution is 8.13.